The molecule has 0 spiro atoms. The molecule has 0 aromatic heterocycles. The third kappa shape index (κ3) is 4.94. The number of aliphatic hydroxyl groups is 1. The number of hydrogen-bond donors (Lipinski definition) is 3. The van der Waals surface area contributed by atoms with Crippen molar-refractivity contribution in [1.29, 1.82) is 0 Å². The van der Waals surface area contributed by atoms with Gasteiger partial charge in [-0.15, -0.1) is 0 Å². The largest absolute Gasteiger partial charge is 0.396 e. The first-order chi connectivity index (χ1) is 7.74. The number of carbonyl (C=O) groups is 1. The van der Waals surface area contributed by atoms with Gasteiger partial charge in [0.25, 0.3) is 0 Å². The van der Waals surface area contributed by atoms with Gasteiger partial charge in [-0.05, 0) is 32.7 Å². The van der Waals surface area contributed by atoms with E-state index in [2.05, 4.69) is 10.6 Å². The molecule has 1 fully saturated rings. The number of amides is 1. The van der Waals surface area contributed by atoms with Gasteiger partial charge < -0.3 is 15.7 Å². The first-order valence-corrected chi connectivity index (χ1v) is 6.38. The van der Waals surface area contributed by atoms with Crippen LogP contribution in [-0.4, -0.2) is 36.2 Å². The number of hydrogen-bond acceptors (Lipinski definition) is 3. The molecule has 1 unspecified atom stereocenters. The van der Waals surface area contributed by atoms with Gasteiger partial charge in [-0.3, -0.25) is 4.79 Å². The Kier molecular flexibility index (Phi) is 6.42. The average molecular weight is 228 g/mol. The maximum atomic E-state index is 11.8. The highest BCUT2D eigenvalue weighted by Crippen LogP contribution is 2.17. The van der Waals surface area contributed by atoms with Crippen LogP contribution < -0.4 is 10.6 Å². The zero-order valence-corrected chi connectivity index (χ0v) is 10.2. The standard InChI is InChI=1S/C12H24N2O2/c1-10(13-8-5-9-15)12(16)14-11-6-3-2-4-7-11/h10-11,13,15H,2-9H2,1H3,(H,14,16). The van der Waals surface area contributed by atoms with Crippen molar-refractivity contribution in [2.24, 2.45) is 0 Å². The highest BCUT2D eigenvalue weighted by Gasteiger charge is 2.18. The molecule has 1 aliphatic carbocycles. The smallest absolute Gasteiger partial charge is 0.237 e. The molecule has 0 saturated heterocycles. The first kappa shape index (κ1) is 13.5. The van der Waals surface area contributed by atoms with Crippen LogP contribution in [0.1, 0.15) is 45.4 Å². The molecule has 4 heteroatoms. The summed E-state index contributed by atoms with van der Waals surface area (Å²) in [5.74, 6) is 0.0878. The molecule has 0 aliphatic heterocycles. The van der Waals surface area contributed by atoms with Crippen molar-refractivity contribution in [2.45, 2.75) is 57.5 Å². The Bertz CT molecular complexity index is 203. The molecule has 4 nitrogen and oxygen atoms in total. The minimum Gasteiger partial charge on any atom is -0.396 e. The molecule has 3 N–H and O–H groups in total. The van der Waals surface area contributed by atoms with Crippen molar-refractivity contribution in [2.75, 3.05) is 13.2 Å². The van der Waals surface area contributed by atoms with E-state index < -0.39 is 0 Å². The Morgan fingerprint density at radius 3 is 2.69 bits per heavy atom. The van der Waals surface area contributed by atoms with Crippen LogP contribution in [0, 0.1) is 0 Å². The van der Waals surface area contributed by atoms with Gasteiger partial charge in [-0.25, -0.2) is 0 Å². The molecule has 1 aliphatic rings. The number of carbonyl (C=O) groups excluding carboxylic acids is 1. The lowest BCUT2D eigenvalue weighted by Gasteiger charge is -2.24. The maximum Gasteiger partial charge on any atom is 0.237 e. The fourth-order valence-electron chi connectivity index (χ4n) is 2.06. The third-order valence-electron chi connectivity index (χ3n) is 3.13. The molecule has 16 heavy (non-hydrogen) atoms. The fraction of sp³-hybridized carbons (Fsp3) is 0.917. The molecule has 0 radical (unpaired) electrons. The first-order valence-electron chi connectivity index (χ1n) is 6.38. The second-order valence-electron chi connectivity index (χ2n) is 4.60. The van der Waals surface area contributed by atoms with Crippen LogP contribution in [0.15, 0.2) is 0 Å². The van der Waals surface area contributed by atoms with Crippen LogP contribution >= 0.6 is 0 Å². The SMILES string of the molecule is CC(NCCCO)C(=O)NC1CCCCC1. The predicted molar refractivity (Wildman–Crippen MR) is 64.2 cm³/mol. The Hall–Kier alpha value is -0.610. The van der Waals surface area contributed by atoms with E-state index in [0.717, 1.165) is 12.8 Å². The molecule has 0 aromatic carbocycles. The van der Waals surface area contributed by atoms with Crippen LogP contribution in [0.25, 0.3) is 0 Å². The van der Waals surface area contributed by atoms with Crippen LogP contribution in [0.3, 0.4) is 0 Å². The van der Waals surface area contributed by atoms with Gasteiger partial charge >= 0.3 is 0 Å². The zero-order chi connectivity index (χ0) is 11.8. The molecule has 1 rings (SSSR count). The maximum absolute atomic E-state index is 11.8. The highest BCUT2D eigenvalue weighted by atomic mass is 16.3. The highest BCUT2D eigenvalue weighted by molar-refractivity contribution is 5.81. The molecule has 0 bridgehead atoms. The van der Waals surface area contributed by atoms with Gasteiger partial charge in [-0.2, -0.15) is 0 Å². The molecular weight excluding hydrogens is 204 g/mol. The van der Waals surface area contributed by atoms with Crippen LogP contribution in [-0.2, 0) is 4.79 Å². The molecule has 1 atom stereocenters. The zero-order valence-electron chi connectivity index (χ0n) is 10.2. The van der Waals surface area contributed by atoms with E-state index in [1.165, 1.54) is 19.3 Å². The summed E-state index contributed by atoms with van der Waals surface area (Å²) in [6, 6.07) is 0.219. The van der Waals surface area contributed by atoms with E-state index in [1.54, 1.807) is 0 Å². The van der Waals surface area contributed by atoms with E-state index in [4.69, 9.17) is 5.11 Å². The molecule has 1 saturated carbocycles. The molecule has 0 heterocycles. The Morgan fingerprint density at radius 2 is 2.06 bits per heavy atom. The number of nitrogens with one attached hydrogen (secondary N) is 2. The quantitative estimate of drug-likeness (QED) is 0.589. The Labute approximate surface area is 97.8 Å². The fourth-order valence-corrected chi connectivity index (χ4v) is 2.06. The lowest BCUT2D eigenvalue weighted by molar-refractivity contribution is -0.123. The Balaban J connectivity index is 2.16. The molecule has 94 valence electrons. The van der Waals surface area contributed by atoms with Gasteiger partial charge in [0.1, 0.15) is 0 Å². The minimum absolute atomic E-state index is 0.0878. The van der Waals surface area contributed by atoms with E-state index >= 15 is 0 Å². The minimum atomic E-state index is -0.159. The summed E-state index contributed by atoms with van der Waals surface area (Å²) in [5, 5.41) is 14.8. The van der Waals surface area contributed by atoms with E-state index in [9.17, 15) is 4.79 Å². The number of aliphatic hydroxyl groups excluding tert-OH is 1. The van der Waals surface area contributed by atoms with Gasteiger partial charge in [0.2, 0.25) is 5.91 Å². The van der Waals surface area contributed by atoms with Gasteiger partial charge in [0, 0.05) is 12.6 Å². The van der Waals surface area contributed by atoms with Crippen LogP contribution in [0.2, 0.25) is 0 Å². The van der Waals surface area contributed by atoms with Crippen molar-refractivity contribution in [3.8, 4) is 0 Å². The topological polar surface area (TPSA) is 61.4 Å². The van der Waals surface area contributed by atoms with Gasteiger partial charge in [0.05, 0.1) is 6.04 Å². The summed E-state index contributed by atoms with van der Waals surface area (Å²) in [7, 11) is 0. The molecule has 0 aromatic rings. The monoisotopic (exact) mass is 228 g/mol. The number of rotatable bonds is 6. The lowest BCUT2D eigenvalue weighted by atomic mass is 9.95. The van der Waals surface area contributed by atoms with E-state index in [1.807, 2.05) is 6.92 Å². The van der Waals surface area contributed by atoms with Crippen molar-refractivity contribution >= 4 is 5.91 Å². The second-order valence-corrected chi connectivity index (χ2v) is 4.60. The summed E-state index contributed by atoms with van der Waals surface area (Å²) >= 11 is 0. The molecular formula is C12H24N2O2. The predicted octanol–water partition coefficient (Wildman–Crippen LogP) is 0.796. The summed E-state index contributed by atoms with van der Waals surface area (Å²) < 4.78 is 0. The van der Waals surface area contributed by atoms with Gasteiger partial charge in [0.15, 0.2) is 0 Å². The lowest BCUT2D eigenvalue weighted by Crippen LogP contribution is -2.47. The summed E-state index contributed by atoms with van der Waals surface area (Å²) in [6.07, 6.45) is 6.70. The van der Waals surface area contributed by atoms with Crippen LogP contribution in [0.5, 0.6) is 0 Å². The molecule has 1 amide bonds. The van der Waals surface area contributed by atoms with Crippen molar-refractivity contribution in [3.63, 3.8) is 0 Å². The third-order valence-corrected chi connectivity index (χ3v) is 3.13. The van der Waals surface area contributed by atoms with Crippen molar-refractivity contribution < 1.29 is 9.90 Å². The summed E-state index contributed by atoms with van der Waals surface area (Å²) in [6.45, 7) is 2.73. The summed E-state index contributed by atoms with van der Waals surface area (Å²) in [4.78, 5) is 11.8. The Morgan fingerprint density at radius 1 is 1.38 bits per heavy atom. The van der Waals surface area contributed by atoms with E-state index in [-0.39, 0.29) is 18.6 Å². The van der Waals surface area contributed by atoms with Crippen LogP contribution in [0.4, 0.5) is 0 Å². The second kappa shape index (κ2) is 7.63. The van der Waals surface area contributed by atoms with Crippen molar-refractivity contribution in [3.05, 3.63) is 0 Å². The summed E-state index contributed by atoms with van der Waals surface area (Å²) in [5.41, 5.74) is 0. The normalized spacial score (nSPS) is 19.4. The van der Waals surface area contributed by atoms with Gasteiger partial charge in [-0.1, -0.05) is 19.3 Å². The van der Waals surface area contributed by atoms with Crippen molar-refractivity contribution in [1.82, 2.24) is 10.6 Å². The van der Waals surface area contributed by atoms with E-state index in [0.29, 0.717) is 19.0 Å². The average Bonchev–Trinajstić information content (AvgIpc) is 2.30.